The number of likely N-dealkylation sites (N-methyl/N-ethyl adjacent to an activating group) is 1. The number of halogens is 1. The Hall–Kier alpha value is -0.840. The quantitative estimate of drug-likeness (QED) is 0.855. The summed E-state index contributed by atoms with van der Waals surface area (Å²) in [6.45, 7) is 1.90. The Morgan fingerprint density at radius 2 is 2.15 bits per heavy atom. The van der Waals surface area contributed by atoms with E-state index in [1.165, 1.54) is 25.7 Å². The molecule has 5 heteroatoms. The molecule has 0 unspecified atom stereocenters. The molecule has 2 aromatic rings. The lowest BCUT2D eigenvalue weighted by Gasteiger charge is -2.24. The molecule has 1 saturated carbocycles. The molecule has 1 aromatic heterocycles. The van der Waals surface area contributed by atoms with E-state index in [9.17, 15) is 0 Å². The third-order valence-corrected chi connectivity index (χ3v) is 5.00. The van der Waals surface area contributed by atoms with E-state index >= 15 is 0 Å². The van der Waals surface area contributed by atoms with Crippen LogP contribution in [-0.4, -0.2) is 34.1 Å². The first kappa shape index (κ1) is 14.1. The lowest BCUT2D eigenvalue weighted by atomic mass is 10.2. The fraction of sp³-hybridized carbons (Fsp3) is 0.533. The van der Waals surface area contributed by atoms with Gasteiger partial charge in [0.2, 0.25) is 0 Å². The van der Waals surface area contributed by atoms with E-state index in [1.54, 1.807) is 0 Å². The number of rotatable bonds is 4. The minimum Gasteiger partial charge on any atom is -0.331 e. The molecule has 0 aliphatic heterocycles. The first-order valence-corrected chi connectivity index (χ1v) is 8.02. The molecular weight excluding hydrogens is 290 g/mol. The number of aromatic amines is 1. The Morgan fingerprint density at radius 3 is 2.90 bits per heavy atom. The van der Waals surface area contributed by atoms with Crippen LogP contribution in [-0.2, 0) is 6.54 Å². The summed E-state index contributed by atoms with van der Waals surface area (Å²) in [5.41, 5.74) is 2.05. The number of benzene rings is 1. The molecule has 1 fully saturated rings. The van der Waals surface area contributed by atoms with Crippen molar-refractivity contribution in [2.75, 3.05) is 13.6 Å². The maximum atomic E-state index is 6.32. The van der Waals surface area contributed by atoms with Crippen molar-refractivity contribution in [1.29, 1.82) is 0 Å². The van der Waals surface area contributed by atoms with Crippen LogP contribution in [0.25, 0.3) is 11.0 Å². The zero-order valence-electron chi connectivity index (χ0n) is 11.7. The first-order valence-electron chi connectivity index (χ1n) is 7.24. The standard InChI is InChI=1S/C15H20ClN3S/c1-18(11-5-2-3-6-11)9-10-19-14-12(16)7-4-8-13(14)17-15(19)20/h4,7-8,11H,2-3,5-6,9-10H2,1H3,(H,17,20). The number of hydrogen-bond donors (Lipinski definition) is 1. The highest BCUT2D eigenvalue weighted by atomic mass is 35.5. The molecule has 20 heavy (non-hydrogen) atoms. The molecule has 1 aliphatic carbocycles. The molecule has 0 atom stereocenters. The molecule has 1 N–H and O–H groups in total. The van der Waals surface area contributed by atoms with Crippen LogP contribution in [0.1, 0.15) is 25.7 Å². The van der Waals surface area contributed by atoms with Crippen LogP contribution in [0, 0.1) is 4.77 Å². The van der Waals surface area contributed by atoms with E-state index in [-0.39, 0.29) is 0 Å². The largest absolute Gasteiger partial charge is 0.331 e. The zero-order valence-corrected chi connectivity index (χ0v) is 13.3. The van der Waals surface area contributed by atoms with E-state index in [0.29, 0.717) is 0 Å². The second kappa shape index (κ2) is 5.88. The van der Waals surface area contributed by atoms with E-state index in [0.717, 1.165) is 40.0 Å². The van der Waals surface area contributed by atoms with Crippen molar-refractivity contribution in [3.63, 3.8) is 0 Å². The smallest absolute Gasteiger partial charge is 0.178 e. The minimum absolute atomic E-state index is 0.741. The third-order valence-electron chi connectivity index (χ3n) is 4.37. The van der Waals surface area contributed by atoms with Gasteiger partial charge in [0.15, 0.2) is 4.77 Å². The molecule has 1 aliphatic rings. The highest BCUT2D eigenvalue weighted by Crippen LogP contribution is 2.25. The van der Waals surface area contributed by atoms with E-state index in [4.69, 9.17) is 23.8 Å². The van der Waals surface area contributed by atoms with Crippen LogP contribution in [0.15, 0.2) is 18.2 Å². The van der Waals surface area contributed by atoms with Gasteiger partial charge in [0, 0.05) is 19.1 Å². The van der Waals surface area contributed by atoms with Crippen LogP contribution < -0.4 is 0 Å². The van der Waals surface area contributed by atoms with Crippen LogP contribution in [0.2, 0.25) is 5.02 Å². The van der Waals surface area contributed by atoms with Crippen LogP contribution in [0.5, 0.6) is 0 Å². The number of fused-ring (bicyclic) bond motifs is 1. The van der Waals surface area contributed by atoms with Gasteiger partial charge in [0.25, 0.3) is 0 Å². The maximum Gasteiger partial charge on any atom is 0.178 e. The van der Waals surface area contributed by atoms with Crippen molar-refractivity contribution >= 4 is 34.9 Å². The molecular formula is C15H20ClN3S. The number of imidazole rings is 1. The highest BCUT2D eigenvalue weighted by Gasteiger charge is 2.19. The topological polar surface area (TPSA) is 24.0 Å². The van der Waals surface area contributed by atoms with Gasteiger partial charge in [0.1, 0.15) is 0 Å². The fourth-order valence-electron chi connectivity index (χ4n) is 3.17. The summed E-state index contributed by atoms with van der Waals surface area (Å²) < 4.78 is 2.88. The predicted molar refractivity (Wildman–Crippen MR) is 87.0 cm³/mol. The van der Waals surface area contributed by atoms with Gasteiger partial charge in [-0.05, 0) is 44.2 Å². The molecule has 1 aromatic carbocycles. The third kappa shape index (κ3) is 2.65. The van der Waals surface area contributed by atoms with E-state index < -0.39 is 0 Å². The van der Waals surface area contributed by atoms with E-state index in [2.05, 4.69) is 21.5 Å². The first-order chi connectivity index (χ1) is 9.66. The zero-order chi connectivity index (χ0) is 14.1. The molecule has 3 rings (SSSR count). The van der Waals surface area contributed by atoms with Gasteiger partial charge in [-0.3, -0.25) is 0 Å². The normalized spacial score (nSPS) is 16.6. The molecule has 0 radical (unpaired) electrons. The number of para-hydroxylation sites is 1. The molecule has 108 valence electrons. The molecule has 1 heterocycles. The molecule has 0 saturated heterocycles. The Balaban J connectivity index is 1.80. The van der Waals surface area contributed by atoms with Crippen LogP contribution >= 0.6 is 23.8 Å². The molecule has 3 nitrogen and oxygen atoms in total. The van der Waals surface area contributed by atoms with Gasteiger partial charge in [-0.1, -0.05) is 30.5 Å². The lowest BCUT2D eigenvalue weighted by molar-refractivity contribution is 0.237. The van der Waals surface area contributed by atoms with Crippen molar-refractivity contribution in [3.8, 4) is 0 Å². The number of nitrogens with one attached hydrogen (secondary N) is 1. The SMILES string of the molecule is CN(CCn1c(=S)[nH]c2cccc(Cl)c21)C1CCCC1. The summed E-state index contributed by atoms with van der Waals surface area (Å²) in [6.07, 6.45) is 5.40. The Bertz CT molecular complexity index is 655. The van der Waals surface area contributed by atoms with Crippen molar-refractivity contribution in [1.82, 2.24) is 14.5 Å². The number of aromatic nitrogens is 2. The highest BCUT2D eigenvalue weighted by molar-refractivity contribution is 7.71. The Morgan fingerprint density at radius 1 is 1.40 bits per heavy atom. The summed E-state index contributed by atoms with van der Waals surface area (Å²) in [5.74, 6) is 0. The van der Waals surface area contributed by atoms with Crippen LogP contribution in [0.4, 0.5) is 0 Å². The summed E-state index contributed by atoms with van der Waals surface area (Å²) in [5, 5.41) is 0.762. The average molecular weight is 310 g/mol. The summed E-state index contributed by atoms with van der Waals surface area (Å²) in [7, 11) is 2.22. The number of H-pyrrole nitrogens is 1. The predicted octanol–water partition coefficient (Wildman–Crippen LogP) is 4.23. The summed E-state index contributed by atoms with van der Waals surface area (Å²) >= 11 is 11.7. The summed E-state index contributed by atoms with van der Waals surface area (Å²) in [4.78, 5) is 5.70. The fourth-order valence-corrected chi connectivity index (χ4v) is 3.74. The Labute approximate surface area is 129 Å². The van der Waals surface area contributed by atoms with Gasteiger partial charge < -0.3 is 14.5 Å². The molecule has 0 bridgehead atoms. The van der Waals surface area contributed by atoms with Gasteiger partial charge in [-0.15, -0.1) is 0 Å². The molecule has 0 amide bonds. The number of hydrogen-bond acceptors (Lipinski definition) is 2. The van der Waals surface area contributed by atoms with Crippen molar-refractivity contribution in [3.05, 3.63) is 28.0 Å². The molecule has 0 spiro atoms. The lowest BCUT2D eigenvalue weighted by Crippen LogP contribution is -2.32. The Kier molecular flexibility index (Phi) is 4.15. The van der Waals surface area contributed by atoms with Crippen molar-refractivity contribution in [2.45, 2.75) is 38.3 Å². The second-order valence-electron chi connectivity index (χ2n) is 5.64. The van der Waals surface area contributed by atoms with E-state index in [1.807, 2.05) is 18.2 Å². The minimum atomic E-state index is 0.741. The van der Waals surface area contributed by atoms with Gasteiger partial charge >= 0.3 is 0 Å². The van der Waals surface area contributed by atoms with Crippen molar-refractivity contribution in [2.24, 2.45) is 0 Å². The van der Waals surface area contributed by atoms with Crippen LogP contribution in [0.3, 0.4) is 0 Å². The van der Waals surface area contributed by atoms with Gasteiger partial charge in [-0.2, -0.15) is 0 Å². The average Bonchev–Trinajstić information content (AvgIpc) is 3.04. The second-order valence-corrected chi connectivity index (χ2v) is 6.43. The number of nitrogens with zero attached hydrogens (tertiary/aromatic N) is 2. The monoisotopic (exact) mass is 309 g/mol. The van der Waals surface area contributed by atoms with Gasteiger partial charge in [0.05, 0.1) is 16.1 Å². The maximum absolute atomic E-state index is 6.32. The summed E-state index contributed by atoms with van der Waals surface area (Å²) in [6, 6.07) is 6.63. The van der Waals surface area contributed by atoms with Gasteiger partial charge in [-0.25, -0.2) is 0 Å². The van der Waals surface area contributed by atoms with Crippen molar-refractivity contribution < 1.29 is 0 Å².